The normalized spacial score (nSPS) is 18.6. The second-order valence-corrected chi connectivity index (χ2v) is 5.15. The van der Waals surface area contributed by atoms with E-state index in [1.165, 1.54) is 5.56 Å². The van der Waals surface area contributed by atoms with Crippen LogP contribution >= 0.6 is 0 Å². The van der Waals surface area contributed by atoms with Gasteiger partial charge >= 0.3 is 5.97 Å². The lowest BCUT2D eigenvalue weighted by Crippen LogP contribution is -2.19. The molecule has 0 aliphatic carbocycles. The maximum atomic E-state index is 12.4. The van der Waals surface area contributed by atoms with Crippen LogP contribution in [0, 0.1) is 5.92 Å². The number of Topliss-reactive ketones (excluding diaryl/α,β-unsaturated/α-hetero) is 1. The Bertz CT molecular complexity index is 657. The predicted octanol–water partition coefficient (Wildman–Crippen LogP) is 2.07. The van der Waals surface area contributed by atoms with Crippen molar-refractivity contribution < 1.29 is 14.7 Å². The summed E-state index contributed by atoms with van der Waals surface area (Å²) in [7, 11) is 0. The van der Waals surface area contributed by atoms with Crippen LogP contribution in [0.2, 0.25) is 0 Å². The number of ketones is 1. The fraction of sp³-hybridized carbons (Fsp3) is 0.250. The number of hydrogen-bond donors (Lipinski definition) is 1. The predicted molar refractivity (Wildman–Crippen MR) is 74.7 cm³/mol. The summed E-state index contributed by atoms with van der Waals surface area (Å²) in [4.78, 5) is 25.4. The molecule has 0 saturated carbocycles. The van der Waals surface area contributed by atoms with Gasteiger partial charge in [-0.2, -0.15) is 0 Å². The fourth-order valence-electron chi connectivity index (χ4n) is 2.64. The Hall–Kier alpha value is -2.36. The zero-order chi connectivity index (χ0) is 14.3. The number of nitrogens with zero attached hydrogens (tertiary/aromatic N) is 1. The van der Waals surface area contributed by atoms with E-state index in [0.29, 0.717) is 17.8 Å². The number of carbonyl (C=O) groups is 2. The van der Waals surface area contributed by atoms with Crippen LogP contribution in [0.1, 0.15) is 18.1 Å². The summed E-state index contributed by atoms with van der Waals surface area (Å²) in [5.41, 5.74) is 3.19. The minimum absolute atomic E-state index is 0.170. The van der Waals surface area contributed by atoms with Gasteiger partial charge in [0.2, 0.25) is 5.78 Å². The highest BCUT2D eigenvalue weighted by Crippen LogP contribution is 2.31. The first kappa shape index (κ1) is 12.7. The van der Waals surface area contributed by atoms with Crippen LogP contribution in [0.4, 0.5) is 0 Å². The van der Waals surface area contributed by atoms with E-state index in [1.807, 2.05) is 29.2 Å². The van der Waals surface area contributed by atoms with Gasteiger partial charge in [-0.05, 0) is 30.5 Å². The van der Waals surface area contributed by atoms with Gasteiger partial charge in [-0.1, -0.05) is 24.3 Å². The number of benzene rings is 1. The summed E-state index contributed by atoms with van der Waals surface area (Å²) in [5.74, 6) is -1.91. The monoisotopic (exact) mass is 269 g/mol. The zero-order valence-corrected chi connectivity index (χ0v) is 11.2. The molecule has 4 nitrogen and oxygen atoms in total. The van der Waals surface area contributed by atoms with Crippen molar-refractivity contribution in [2.24, 2.45) is 5.92 Å². The molecule has 1 aromatic carbocycles. The third kappa shape index (κ3) is 1.93. The Morgan fingerprint density at radius 1 is 1.35 bits per heavy atom. The number of fused-ring (bicyclic) bond motifs is 2. The van der Waals surface area contributed by atoms with Gasteiger partial charge in [-0.15, -0.1) is 0 Å². The lowest BCUT2D eigenvalue weighted by atomic mass is 9.97. The fourth-order valence-corrected chi connectivity index (χ4v) is 2.64. The van der Waals surface area contributed by atoms with E-state index in [4.69, 9.17) is 5.11 Å². The molecule has 20 heavy (non-hydrogen) atoms. The van der Waals surface area contributed by atoms with Crippen LogP contribution in [0.3, 0.4) is 0 Å². The van der Waals surface area contributed by atoms with Gasteiger partial charge in [0.1, 0.15) is 0 Å². The Kier molecular flexibility index (Phi) is 2.93. The first-order valence-corrected chi connectivity index (χ1v) is 6.63. The van der Waals surface area contributed by atoms with Gasteiger partial charge in [0.05, 0.1) is 11.6 Å². The number of allylic oxidation sites excluding steroid dienone is 1. The Labute approximate surface area is 117 Å². The zero-order valence-electron chi connectivity index (χ0n) is 11.2. The second kappa shape index (κ2) is 4.63. The molecule has 2 aliphatic heterocycles. The highest BCUT2D eigenvalue weighted by atomic mass is 16.4. The van der Waals surface area contributed by atoms with Gasteiger partial charge in [0.25, 0.3) is 0 Å². The Balaban J connectivity index is 2.00. The van der Waals surface area contributed by atoms with Gasteiger partial charge in [-0.3, -0.25) is 9.59 Å². The number of carboxylic acids is 1. The minimum Gasteiger partial charge on any atom is -0.481 e. The molecule has 1 N–H and O–H groups in total. The van der Waals surface area contributed by atoms with E-state index in [9.17, 15) is 9.59 Å². The second-order valence-electron chi connectivity index (χ2n) is 5.15. The number of rotatable bonds is 2. The minimum atomic E-state index is -0.969. The third-order valence-electron chi connectivity index (χ3n) is 3.91. The molecule has 2 aliphatic rings. The van der Waals surface area contributed by atoms with E-state index in [0.717, 1.165) is 12.0 Å². The van der Waals surface area contributed by atoms with E-state index >= 15 is 0 Å². The van der Waals surface area contributed by atoms with Gasteiger partial charge in [0.15, 0.2) is 0 Å². The molecule has 2 heterocycles. The molecular formula is C16H15NO3. The molecule has 0 amide bonds. The molecule has 0 radical (unpaired) electrons. The van der Waals surface area contributed by atoms with Crippen molar-refractivity contribution in [3.05, 3.63) is 52.9 Å². The molecule has 0 spiro atoms. The van der Waals surface area contributed by atoms with Crippen LogP contribution in [0.25, 0.3) is 6.08 Å². The summed E-state index contributed by atoms with van der Waals surface area (Å²) in [5, 5.41) is 9.08. The molecule has 0 bridgehead atoms. The maximum Gasteiger partial charge on any atom is 0.310 e. The van der Waals surface area contributed by atoms with E-state index in [2.05, 4.69) is 6.07 Å². The van der Waals surface area contributed by atoms with Crippen LogP contribution in [-0.2, 0) is 16.0 Å². The average molecular weight is 269 g/mol. The van der Waals surface area contributed by atoms with Gasteiger partial charge < -0.3 is 10.0 Å². The molecule has 1 aromatic rings. The summed E-state index contributed by atoms with van der Waals surface area (Å²) < 4.78 is 0. The quantitative estimate of drug-likeness (QED) is 0.893. The molecule has 0 saturated heterocycles. The van der Waals surface area contributed by atoms with Crippen molar-refractivity contribution in [1.82, 2.24) is 4.90 Å². The van der Waals surface area contributed by atoms with Crippen molar-refractivity contribution in [2.45, 2.75) is 13.3 Å². The molecule has 0 aromatic heterocycles. The molecule has 1 atom stereocenters. The molecule has 4 heteroatoms. The molecule has 1 unspecified atom stereocenters. The molecular weight excluding hydrogens is 254 g/mol. The molecule has 3 rings (SSSR count). The summed E-state index contributed by atoms with van der Waals surface area (Å²) >= 11 is 0. The van der Waals surface area contributed by atoms with Crippen molar-refractivity contribution in [2.75, 3.05) is 6.54 Å². The maximum absolute atomic E-state index is 12.4. The summed E-state index contributed by atoms with van der Waals surface area (Å²) in [6.45, 7) is 2.25. The first-order chi connectivity index (χ1) is 9.58. The van der Waals surface area contributed by atoms with Crippen LogP contribution in [0.15, 0.2) is 41.7 Å². The van der Waals surface area contributed by atoms with E-state index < -0.39 is 11.9 Å². The summed E-state index contributed by atoms with van der Waals surface area (Å²) in [6, 6.07) is 7.98. The standard InChI is InChI=1S/C16H15NO3/c1-10(16(19)20)13-9-17-7-6-11-4-2-3-5-12(11)8-14(17)15(13)18/h2-5,8-10H,6-7H2,1H3,(H,19,20). The van der Waals surface area contributed by atoms with Crippen molar-refractivity contribution in [1.29, 1.82) is 0 Å². The Morgan fingerprint density at radius 2 is 2.10 bits per heavy atom. The van der Waals surface area contributed by atoms with Gasteiger partial charge in [0, 0.05) is 18.3 Å². The van der Waals surface area contributed by atoms with Crippen LogP contribution in [0.5, 0.6) is 0 Å². The number of carboxylic acid groups (broad SMARTS) is 1. The van der Waals surface area contributed by atoms with Crippen LogP contribution in [-0.4, -0.2) is 28.3 Å². The SMILES string of the molecule is CC(C(=O)O)C1=CN2CCc3ccccc3C=C2C1=O. The van der Waals surface area contributed by atoms with Crippen molar-refractivity contribution in [3.63, 3.8) is 0 Å². The number of hydrogen-bond acceptors (Lipinski definition) is 3. The highest BCUT2D eigenvalue weighted by molar-refractivity contribution is 6.15. The third-order valence-corrected chi connectivity index (χ3v) is 3.91. The topological polar surface area (TPSA) is 57.6 Å². The van der Waals surface area contributed by atoms with Crippen molar-refractivity contribution in [3.8, 4) is 0 Å². The van der Waals surface area contributed by atoms with Gasteiger partial charge in [-0.25, -0.2) is 0 Å². The lowest BCUT2D eigenvalue weighted by molar-refractivity contribution is -0.140. The highest BCUT2D eigenvalue weighted by Gasteiger charge is 2.34. The Morgan fingerprint density at radius 3 is 2.85 bits per heavy atom. The molecule has 102 valence electrons. The summed E-state index contributed by atoms with van der Waals surface area (Å²) in [6.07, 6.45) is 4.40. The van der Waals surface area contributed by atoms with E-state index in [1.54, 1.807) is 13.1 Å². The number of carbonyl (C=O) groups excluding carboxylic acids is 1. The first-order valence-electron chi connectivity index (χ1n) is 6.63. The number of aliphatic carboxylic acids is 1. The lowest BCUT2D eigenvalue weighted by Gasteiger charge is -2.13. The van der Waals surface area contributed by atoms with E-state index in [-0.39, 0.29) is 5.78 Å². The van der Waals surface area contributed by atoms with Crippen LogP contribution < -0.4 is 0 Å². The largest absolute Gasteiger partial charge is 0.481 e. The smallest absolute Gasteiger partial charge is 0.310 e. The van der Waals surface area contributed by atoms with Crippen molar-refractivity contribution >= 4 is 17.8 Å². The molecule has 0 fully saturated rings. The average Bonchev–Trinajstić information content (AvgIpc) is 2.64.